The number of likely N-dealkylation sites (tertiary alicyclic amines) is 1. The molecule has 1 amide bonds. The number of benzene rings is 2. The number of amides is 1. The minimum absolute atomic E-state index is 0.00621. The summed E-state index contributed by atoms with van der Waals surface area (Å²) in [7, 11) is 1.65. The molecule has 3 aromatic rings. The van der Waals surface area contributed by atoms with Gasteiger partial charge in [0.05, 0.1) is 13.7 Å². The van der Waals surface area contributed by atoms with Crippen LogP contribution in [0.1, 0.15) is 34.5 Å². The molecule has 162 valence electrons. The maximum atomic E-state index is 13.3. The third-order valence-corrected chi connectivity index (χ3v) is 6.13. The van der Waals surface area contributed by atoms with Gasteiger partial charge in [-0.15, -0.1) is 0 Å². The van der Waals surface area contributed by atoms with E-state index in [2.05, 4.69) is 6.07 Å². The fourth-order valence-electron chi connectivity index (χ4n) is 4.50. The summed E-state index contributed by atoms with van der Waals surface area (Å²) in [5.41, 5.74) is 2.29. The average Bonchev–Trinajstić information content (AvgIpc) is 3.25. The molecular formula is C26H29NO4. The minimum Gasteiger partial charge on any atom is -0.497 e. The Bertz CT molecular complexity index is 1060. The van der Waals surface area contributed by atoms with E-state index in [1.165, 1.54) is 0 Å². The van der Waals surface area contributed by atoms with Crippen molar-refractivity contribution in [3.8, 4) is 17.1 Å². The van der Waals surface area contributed by atoms with E-state index in [9.17, 15) is 9.90 Å². The van der Waals surface area contributed by atoms with E-state index in [0.717, 1.165) is 41.2 Å². The fraction of sp³-hybridized carbons (Fsp3) is 0.346. The number of aliphatic hydroxyl groups excluding tert-OH is 1. The van der Waals surface area contributed by atoms with Crippen molar-refractivity contribution in [1.29, 1.82) is 0 Å². The van der Waals surface area contributed by atoms with Gasteiger partial charge in [0, 0.05) is 29.6 Å². The highest BCUT2D eigenvalue weighted by atomic mass is 16.5. The van der Waals surface area contributed by atoms with Gasteiger partial charge in [-0.25, -0.2) is 0 Å². The Kier molecular flexibility index (Phi) is 6.14. The van der Waals surface area contributed by atoms with Gasteiger partial charge in [0.2, 0.25) is 0 Å². The van der Waals surface area contributed by atoms with E-state index < -0.39 is 0 Å². The van der Waals surface area contributed by atoms with Crippen LogP contribution in [0.4, 0.5) is 0 Å². The largest absolute Gasteiger partial charge is 0.497 e. The number of rotatable bonds is 6. The molecule has 1 fully saturated rings. The third-order valence-electron chi connectivity index (χ3n) is 6.13. The van der Waals surface area contributed by atoms with Crippen LogP contribution in [0.15, 0.2) is 65.1 Å². The van der Waals surface area contributed by atoms with Crippen LogP contribution in [0.2, 0.25) is 0 Å². The van der Waals surface area contributed by atoms with Gasteiger partial charge in [-0.3, -0.25) is 4.79 Å². The van der Waals surface area contributed by atoms with E-state index >= 15 is 0 Å². The number of aryl methyl sites for hydroxylation is 1. The lowest BCUT2D eigenvalue weighted by molar-refractivity contribution is 0.0271. The number of nitrogens with zero attached hydrogens (tertiary/aromatic N) is 1. The van der Waals surface area contributed by atoms with E-state index in [4.69, 9.17) is 9.15 Å². The Morgan fingerprint density at radius 2 is 2.00 bits per heavy atom. The van der Waals surface area contributed by atoms with Crippen LogP contribution in [0.25, 0.3) is 11.3 Å². The van der Waals surface area contributed by atoms with Crippen LogP contribution in [0, 0.1) is 12.3 Å². The zero-order chi connectivity index (χ0) is 21.8. The van der Waals surface area contributed by atoms with Crippen LogP contribution in [0.5, 0.6) is 5.75 Å². The van der Waals surface area contributed by atoms with Crippen LogP contribution in [0.3, 0.4) is 0 Å². The molecule has 0 bridgehead atoms. The molecule has 2 heterocycles. The minimum atomic E-state index is -0.351. The van der Waals surface area contributed by atoms with Crippen molar-refractivity contribution >= 4 is 5.91 Å². The number of furan rings is 1. The van der Waals surface area contributed by atoms with Crippen molar-refractivity contribution < 1.29 is 19.1 Å². The molecule has 5 nitrogen and oxygen atoms in total. The van der Waals surface area contributed by atoms with Crippen LogP contribution < -0.4 is 4.74 Å². The first-order chi connectivity index (χ1) is 15.0. The molecule has 0 aliphatic carbocycles. The number of carbonyl (C=O) groups excluding carboxylic acids is 1. The van der Waals surface area contributed by atoms with Crippen molar-refractivity contribution in [3.05, 3.63) is 77.6 Å². The standard InChI is InChI=1S/C26H29NO4/c1-19-10-11-24(31-19)21-7-4-8-22(15-21)25(29)27-13-5-12-26(17-27,18-28)16-20-6-3-9-23(14-20)30-2/h3-4,6-11,14-15,28H,5,12-13,16-18H2,1-2H3. The van der Waals surface area contributed by atoms with Gasteiger partial charge in [-0.1, -0.05) is 24.3 Å². The highest BCUT2D eigenvalue weighted by molar-refractivity contribution is 5.95. The normalized spacial score (nSPS) is 18.7. The molecule has 0 radical (unpaired) electrons. The first-order valence-corrected chi connectivity index (χ1v) is 10.7. The predicted molar refractivity (Wildman–Crippen MR) is 120 cm³/mol. The molecular weight excluding hydrogens is 390 g/mol. The van der Waals surface area contributed by atoms with Crippen molar-refractivity contribution in [2.24, 2.45) is 5.41 Å². The van der Waals surface area contributed by atoms with Crippen molar-refractivity contribution in [2.45, 2.75) is 26.2 Å². The summed E-state index contributed by atoms with van der Waals surface area (Å²) < 4.78 is 11.1. The molecule has 2 aromatic carbocycles. The molecule has 1 aliphatic heterocycles. The Morgan fingerprint density at radius 1 is 1.16 bits per heavy atom. The molecule has 1 atom stereocenters. The first-order valence-electron chi connectivity index (χ1n) is 10.7. The smallest absolute Gasteiger partial charge is 0.253 e. The Labute approximate surface area is 183 Å². The van der Waals surface area contributed by atoms with Crippen LogP contribution in [-0.2, 0) is 6.42 Å². The number of hydrogen-bond donors (Lipinski definition) is 1. The summed E-state index contributed by atoms with van der Waals surface area (Å²) >= 11 is 0. The molecule has 5 heteroatoms. The summed E-state index contributed by atoms with van der Waals surface area (Å²) in [4.78, 5) is 15.2. The zero-order valence-corrected chi connectivity index (χ0v) is 18.1. The maximum absolute atomic E-state index is 13.3. The van der Waals surface area contributed by atoms with Gasteiger partial charge in [-0.05, 0) is 68.1 Å². The molecule has 1 unspecified atom stereocenters. The van der Waals surface area contributed by atoms with E-state index in [1.807, 2.05) is 66.4 Å². The molecule has 1 saturated heterocycles. The Balaban J connectivity index is 1.53. The number of carbonyl (C=O) groups is 1. The summed E-state index contributed by atoms with van der Waals surface area (Å²) in [6.07, 6.45) is 2.46. The second-order valence-corrected chi connectivity index (χ2v) is 8.51. The maximum Gasteiger partial charge on any atom is 0.253 e. The summed E-state index contributed by atoms with van der Waals surface area (Å²) in [5.74, 6) is 2.40. The number of aliphatic hydroxyl groups is 1. The van der Waals surface area contributed by atoms with Gasteiger partial charge in [0.1, 0.15) is 17.3 Å². The lowest BCUT2D eigenvalue weighted by Gasteiger charge is -2.42. The monoisotopic (exact) mass is 419 g/mol. The lowest BCUT2D eigenvalue weighted by Crippen LogP contribution is -2.49. The van der Waals surface area contributed by atoms with Crippen molar-refractivity contribution in [2.75, 3.05) is 26.8 Å². The van der Waals surface area contributed by atoms with Gasteiger partial charge >= 0.3 is 0 Å². The Morgan fingerprint density at radius 3 is 2.74 bits per heavy atom. The zero-order valence-electron chi connectivity index (χ0n) is 18.1. The van der Waals surface area contributed by atoms with Crippen molar-refractivity contribution in [3.63, 3.8) is 0 Å². The van der Waals surface area contributed by atoms with Gasteiger partial charge in [0.15, 0.2) is 0 Å². The van der Waals surface area contributed by atoms with Gasteiger partial charge < -0.3 is 19.2 Å². The second-order valence-electron chi connectivity index (χ2n) is 8.51. The molecule has 1 aromatic heterocycles. The first kappa shape index (κ1) is 21.2. The van der Waals surface area contributed by atoms with E-state index in [-0.39, 0.29) is 17.9 Å². The number of methoxy groups -OCH3 is 1. The average molecular weight is 420 g/mol. The van der Waals surface area contributed by atoms with E-state index in [0.29, 0.717) is 25.1 Å². The highest BCUT2D eigenvalue weighted by Gasteiger charge is 2.37. The second kappa shape index (κ2) is 8.98. The number of ether oxygens (including phenoxy) is 1. The van der Waals surface area contributed by atoms with Gasteiger partial charge in [0.25, 0.3) is 5.91 Å². The molecule has 31 heavy (non-hydrogen) atoms. The molecule has 1 aliphatic rings. The Hall–Kier alpha value is -3.05. The highest BCUT2D eigenvalue weighted by Crippen LogP contribution is 2.35. The van der Waals surface area contributed by atoms with E-state index in [1.54, 1.807) is 7.11 Å². The summed E-state index contributed by atoms with van der Waals surface area (Å²) in [5, 5.41) is 10.3. The number of piperidine rings is 1. The van der Waals surface area contributed by atoms with Crippen LogP contribution in [-0.4, -0.2) is 42.7 Å². The quantitative estimate of drug-likeness (QED) is 0.628. The molecule has 1 N–H and O–H groups in total. The molecule has 4 rings (SSSR count). The summed E-state index contributed by atoms with van der Waals surface area (Å²) in [6, 6.07) is 19.4. The third kappa shape index (κ3) is 4.67. The SMILES string of the molecule is COc1cccc(CC2(CO)CCCN(C(=O)c3cccc(-c4ccc(C)o4)c3)C2)c1. The lowest BCUT2D eigenvalue weighted by atomic mass is 9.75. The topological polar surface area (TPSA) is 62.9 Å². The number of hydrogen-bond acceptors (Lipinski definition) is 4. The van der Waals surface area contributed by atoms with Crippen LogP contribution >= 0.6 is 0 Å². The molecule has 0 saturated carbocycles. The fourth-order valence-corrected chi connectivity index (χ4v) is 4.50. The predicted octanol–water partition coefficient (Wildman–Crippen LogP) is 4.72. The summed E-state index contributed by atoms with van der Waals surface area (Å²) in [6.45, 7) is 3.18. The van der Waals surface area contributed by atoms with Gasteiger partial charge in [-0.2, -0.15) is 0 Å². The van der Waals surface area contributed by atoms with Crippen molar-refractivity contribution in [1.82, 2.24) is 4.90 Å². The molecule has 0 spiro atoms.